The lowest BCUT2D eigenvalue weighted by Gasteiger charge is -2.39. The van der Waals surface area contributed by atoms with Gasteiger partial charge in [-0.2, -0.15) is 0 Å². The van der Waals surface area contributed by atoms with E-state index in [2.05, 4.69) is 46.9 Å². The predicted molar refractivity (Wildman–Crippen MR) is 72.6 cm³/mol. The smallest absolute Gasteiger partial charge is 0.0118 e. The highest BCUT2D eigenvalue weighted by Crippen LogP contribution is 2.31. The van der Waals surface area contributed by atoms with Gasteiger partial charge in [-0.3, -0.25) is 0 Å². The number of hydrogen-bond donors (Lipinski definition) is 1. The molecule has 0 saturated heterocycles. The van der Waals surface area contributed by atoms with Crippen LogP contribution in [0.5, 0.6) is 0 Å². The van der Waals surface area contributed by atoms with Crippen molar-refractivity contribution in [3.63, 3.8) is 0 Å². The van der Waals surface area contributed by atoms with E-state index in [1.807, 2.05) is 0 Å². The Labute approximate surface area is 102 Å². The maximum atomic E-state index is 3.84. The third kappa shape index (κ3) is 3.48. The normalized spacial score (nSPS) is 32.1. The van der Waals surface area contributed by atoms with Gasteiger partial charge in [-0.05, 0) is 36.0 Å². The summed E-state index contributed by atoms with van der Waals surface area (Å²) in [6.07, 6.45) is 4.24. The van der Waals surface area contributed by atoms with Gasteiger partial charge in [-0.25, -0.2) is 0 Å². The fourth-order valence-electron chi connectivity index (χ4n) is 2.67. The molecule has 1 heteroatoms. The van der Waals surface area contributed by atoms with Crippen molar-refractivity contribution in [1.29, 1.82) is 0 Å². The Hall–Kier alpha value is -0.0400. The van der Waals surface area contributed by atoms with Gasteiger partial charge in [0.05, 0.1) is 0 Å². The summed E-state index contributed by atoms with van der Waals surface area (Å²) >= 11 is 0. The molecule has 1 aliphatic rings. The molecule has 1 N–H and O–H groups in total. The standard InChI is InChI=1S/C15H31N/c1-11(2)15(5,6)10-16-14-12(3)8-7-9-13(14)4/h11-14,16H,7-10H2,1-6H3. The van der Waals surface area contributed by atoms with Crippen LogP contribution >= 0.6 is 0 Å². The van der Waals surface area contributed by atoms with E-state index in [1.54, 1.807) is 0 Å². The Morgan fingerprint density at radius 2 is 1.62 bits per heavy atom. The number of nitrogens with one attached hydrogen (secondary N) is 1. The molecular formula is C15H31N. The monoisotopic (exact) mass is 225 g/mol. The Morgan fingerprint density at radius 1 is 1.12 bits per heavy atom. The summed E-state index contributed by atoms with van der Waals surface area (Å²) in [6, 6.07) is 0.742. The molecule has 2 unspecified atom stereocenters. The third-order valence-corrected chi connectivity index (χ3v) is 4.90. The van der Waals surface area contributed by atoms with Gasteiger partial charge < -0.3 is 5.32 Å². The van der Waals surface area contributed by atoms with Crippen LogP contribution in [0.15, 0.2) is 0 Å². The van der Waals surface area contributed by atoms with Crippen LogP contribution in [0, 0.1) is 23.2 Å². The van der Waals surface area contributed by atoms with E-state index in [-0.39, 0.29) is 0 Å². The quantitative estimate of drug-likeness (QED) is 0.760. The second kappa shape index (κ2) is 5.53. The molecule has 1 rings (SSSR count). The molecular weight excluding hydrogens is 194 g/mol. The number of rotatable bonds is 4. The van der Waals surface area contributed by atoms with Crippen molar-refractivity contribution < 1.29 is 0 Å². The van der Waals surface area contributed by atoms with Gasteiger partial charge in [0.2, 0.25) is 0 Å². The van der Waals surface area contributed by atoms with E-state index in [0.717, 1.165) is 30.3 Å². The minimum Gasteiger partial charge on any atom is -0.313 e. The molecule has 0 aromatic heterocycles. The Morgan fingerprint density at radius 3 is 2.06 bits per heavy atom. The molecule has 0 spiro atoms. The van der Waals surface area contributed by atoms with Crippen molar-refractivity contribution >= 4 is 0 Å². The summed E-state index contributed by atoms with van der Waals surface area (Å²) in [5.74, 6) is 2.45. The van der Waals surface area contributed by atoms with Crippen molar-refractivity contribution in [2.75, 3.05) is 6.54 Å². The fourth-order valence-corrected chi connectivity index (χ4v) is 2.67. The van der Waals surface area contributed by atoms with E-state index in [4.69, 9.17) is 0 Å². The number of hydrogen-bond acceptors (Lipinski definition) is 1. The van der Waals surface area contributed by atoms with Gasteiger partial charge >= 0.3 is 0 Å². The lowest BCUT2D eigenvalue weighted by atomic mass is 9.76. The van der Waals surface area contributed by atoms with Gasteiger partial charge in [0, 0.05) is 12.6 Å². The van der Waals surface area contributed by atoms with Crippen LogP contribution in [0.2, 0.25) is 0 Å². The largest absolute Gasteiger partial charge is 0.313 e. The van der Waals surface area contributed by atoms with Crippen LogP contribution in [0.1, 0.15) is 60.8 Å². The zero-order valence-corrected chi connectivity index (χ0v) is 12.1. The van der Waals surface area contributed by atoms with Crippen molar-refractivity contribution in [2.45, 2.75) is 66.8 Å². The van der Waals surface area contributed by atoms with Crippen LogP contribution in [0.25, 0.3) is 0 Å². The SMILES string of the molecule is CC1CCCC(C)C1NCC(C)(C)C(C)C. The van der Waals surface area contributed by atoms with Crippen LogP contribution < -0.4 is 5.32 Å². The molecule has 0 bridgehead atoms. The molecule has 0 heterocycles. The highest BCUT2D eigenvalue weighted by Gasteiger charge is 2.30. The van der Waals surface area contributed by atoms with E-state index in [0.29, 0.717) is 5.41 Å². The van der Waals surface area contributed by atoms with Crippen molar-refractivity contribution in [3.05, 3.63) is 0 Å². The predicted octanol–water partition coefficient (Wildman–Crippen LogP) is 4.08. The van der Waals surface area contributed by atoms with Gasteiger partial charge in [0.25, 0.3) is 0 Å². The minimum absolute atomic E-state index is 0.414. The third-order valence-electron chi connectivity index (χ3n) is 4.90. The molecule has 0 aliphatic heterocycles. The lowest BCUT2D eigenvalue weighted by Crippen LogP contribution is -2.47. The van der Waals surface area contributed by atoms with Gasteiger partial charge in [0.1, 0.15) is 0 Å². The first-order valence-electron chi connectivity index (χ1n) is 7.08. The maximum Gasteiger partial charge on any atom is 0.0118 e. The fraction of sp³-hybridized carbons (Fsp3) is 1.00. The van der Waals surface area contributed by atoms with Gasteiger partial charge in [0.15, 0.2) is 0 Å². The van der Waals surface area contributed by atoms with E-state index in [9.17, 15) is 0 Å². The van der Waals surface area contributed by atoms with E-state index < -0.39 is 0 Å². The van der Waals surface area contributed by atoms with Crippen molar-refractivity contribution in [2.24, 2.45) is 23.2 Å². The summed E-state index contributed by atoms with van der Waals surface area (Å²) in [4.78, 5) is 0. The molecule has 0 amide bonds. The highest BCUT2D eigenvalue weighted by molar-refractivity contribution is 4.86. The summed E-state index contributed by atoms with van der Waals surface area (Å²) < 4.78 is 0. The Kier molecular flexibility index (Phi) is 4.85. The van der Waals surface area contributed by atoms with Crippen LogP contribution in [-0.2, 0) is 0 Å². The molecule has 0 aromatic carbocycles. The van der Waals surface area contributed by atoms with Crippen LogP contribution in [-0.4, -0.2) is 12.6 Å². The molecule has 1 aliphatic carbocycles. The van der Waals surface area contributed by atoms with Gasteiger partial charge in [-0.1, -0.05) is 48.0 Å². The molecule has 1 saturated carbocycles. The first-order valence-corrected chi connectivity index (χ1v) is 7.08. The lowest BCUT2D eigenvalue weighted by molar-refractivity contribution is 0.164. The second-order valence-corrected chi connectivity index (χ2v) is 6.94. The van der Waals surface area contributed by atoms with Crippen LogP contribution in [0.3, 0.4) is 0 Å². The van der Waals surface area contributed by atoms with Crippen molar-refractivity contribution in [1.82, 2.24) is 5.32 Å². The maximum absolute atomic E-state index is 3.84. The van der Waals surface area contributed by atoms with E-state index >= 15 is 0 Å². The zero-order valence-electron chi connectivity index (χ0n) is 12.1. The average Bonchev–Trinajstić information content (AvgIpc) is 2.16. The van der Waals surface area contributed by atoms with Crippen LogP contribution in [0.4, 0.5) is 0 Å². The summed E-state index contributed by atoms with van der Waals surface area (Å²) in [5, 5.41) is 3.84. The summed E-state index contributed by atoms with van der Waals surface area (Å²) in [6.45, 7) is 15.4. The molecule has 0 aromatic rings. The first kappa shape index (κ1) is 14.0. The summed E-state index contributed by atoms with van der Waals surface area (Å²) in [7, 11) is 0. The average molecular weight is 225 g/mol. The Balaban J connectivity index is 2.47. The minimum atomic E-state index is 0.414. The molecule has 16 heavy (non-hydrogen) atoms. The van der Waals surface area contributed by atoms with Gasteiger partial charge in [-0.15, -0.1) is 0 Å². The molecule has 2 atom stereocenters. The highest BCUT2D eigenvalue weighted by atomic mass is 14.9. The van der Waals surface area contributed by atoms with E-state index in [1.165, 1.54) is 19.3 Å². The van der Waals surface area contributed by atoms with Crippen molar-refractivity contribution in [3.8, 4) is 0 Å². The Bertz CT molecular complexity index is 197. The molecule has 1 nitrogen and oxygen atoms in total. The first-order chi connectivity index (χ1) is 7.34. The topological polar surface area (TPSA) is 12.0 Å². The molecule has 96 valence electrons. The molecule has 0 radical (unpaired) electrons. The molecule has 1 fully saturated rings. The second-order valence-electron chi connectivity index (χ2n) is 6.94. The summed E-state index contributed by atoms with van der Waals surface area (Å²) in [5.41, 5.74) is 0.414. The zero-order chi connectivity index (χ0) is 12.3.